The zero-order valence-electron chi connectivity index (χ0n) is 12.8. The van der Waals surface area contributed by atoms with Gasteiger partial charge >= 0.3 is 0 Å². The van der Waals surface area contributed by atoms with Crippen LogP contribution in [0.3, 0.4) is 0 Å². The predicted molar refractivity (Wildman–Crippen MR) is 89.4 cm³/mol. The van der Waals surface area contributed by atoms with Crippen LogP contribution in [0.25, 0.3) is 0 Å². The summed E-state index contributed by atoms with van der Waals surface area (Å²) in [7, 11) is 3.76. The number of nitrogens with one attached hydrogen (secondary N) is 1. The summed E-state index contributed by atoms with van der Waals surface area (Å²) in [5.74, 6) is 2.70. The van der Waals surface area contributed by atoms with Crippen molar-refractivity contribution in [2.45, 2.75) is 38.3 Å². The number of para-hydroxylation sites is 1. The zero-order chi connectivity index (χ0) is 14.8. The summed E-state index contributed by atoms with van der Waals surface area (Å²) >= 11 is 5.58. The molecule has 21 heavy (non-hydrogen) atoms. The number of ether oxygens (including phenoxy) is 1. The Morgan fingerprint density at radius 3 is 2.81 bits per heavy atom. The third-order valence-electron chi connectivity index (χ3n) is 4.99. The van der Waals surface area contributed by atoms with E-state index >= 15 is 0 Å². The monoisotopic (exact) mass is 304 g/mol. The number of fused-ring (bicyclic) bond motifs is 2. The third kappa shape index (κ3) is 3.15. The molecule has 1 aromatic carbocycles. The van der Waals surface area contributed by atoms with Gasteiger partial charge in [-0.15, -0.1) is 0 Å². The van der Waals surface area contributed by atoms with Gasteiger partial charge in [0.2, 0.25) is 0 Å². The lowest BCUT2D eigenvalue weighted by Gasteiger charge is -2.29. The van der Waals surface area contributed by atoms with Gasteiger partial charge in [0.1, 0.15) is 5.75 Å². The highest BCUT2D eigenvalue weighted by molar-refractivity contribution is 7.80. The van der Waals surface area contributed by atoms with Crippen LogP contribution in [-0.4, -0.2) is 30.2 Å². The quantitative estimate of drug-likeness (QED) is 0.864. The first-order chi connectivity index (χ1) is 10.2. The molecule has 0 aliphatic heterocycles. The van der Waals surface area contributed by atoms with Gasteiger partial charge in [0.15, 0.2) is 5.11 Å². The van der Waals surface area contributed by atoms with E-state index in [1.165, 1.54) is 31.2 Å². The summed E-state index contributed by atoms with van der Waals surface area (Å²) in [4.78, 5) is 2.11. The van der Waals surface area contributed by atoms with Crippen LogP contribution in [0.5, 0.6) is 5.75 Å². The number of benzene rings is 1. The average molecular weight is 304 g/mol. The maximum absolute atomic E-state index is 5.58. The first kappa shape index (κ1) is 14.6. The van der Waals surface area contributed by atoms with Crippen LogP contribution in [0, 0.1) is 11.8 Å². The van der Waals surface area contributed by atoms with E-state index in [-0.39, 0.29) is 0 Å². The number of rotatable bonds is 4. The van der Waals surface area contributed by atoms with E-state index in [2.05, 4.69) is 23.3 Å². The fourth-order valence-electron chi connectivity index (χ4n) is 3.85. The summed E-state index contributed by atoms with van der Waals surface area (Å²) < 4.78 is 5.41. The maximum atomic E-state index is 5.58. The Kier molecular flexibility index (Phi) is 4.34. The maximum Gasteiger partial charge on any atom is 0.169 e. The SMILES string of the molecule is COc1ccccc1CN(C)C(=S)NC1CC2CCC1C2. The number of nitrogens with zero attached hydrogens (tertiary/aromatic N) is 1. The Bertz CT molecular complexity index is 519. The molecule has 2 bridgehead atoms. The Morgan fingerprint density at radius 1 is 1.33 bits per heavy atom. The Balaban J connectivity index is 1.57. The van der Waals surface area contributed by atoms with Crippen LogP contribution in [0.15, 0.2) is 24.3 Å². The van der Waals surface area contributed by atoms with E-state index in [0.29, 0.717) is 6.04 Å². The highest BCUT2D eigenvalue weighted by Gasteiger charge is 2.39. The highest BCUT2D eigenvalue weighted by Crippen LogP contribution is 2.44. The van der Waals surface area contributed by atoms with Crippen molar-refractivity contribution >= 4 is 17.3 Å². The van der Waals surface area contributed by atoms with E-state index in [9.17, 15) is 0 Å². The van der Waals surface area contributed by atoms with E-state index in [1.807, 2.05) is 18.2 Å². The van der Waals surface area contributed by atoms with Gasteiger partial charge in [0, 0.05) is 25.2 Å². The van der Waals surface area contributed by atoms with E-state index in [4.69, 9.17) is 17.0 Å². The van der Waals surface area contributed by atoms with Gasteiger partial charge in [-0.1, -0.05) is 24.6 Å². The van der Waals surface area contributed by atoms with Gasteiger partial charge in [-0.05, 0) is 49.4 Å². The molecular formula is C17H24N2OS. The minimum absolute atomic E-state index is 0.594. The molecule has 0 spiro atoms. The molecule has 1 aromatic rings. The zero-order valence-corrected chi connectivity index (χ0v) is 13.7. The summed E-state index contributed by atoms with van der Waals surface area (Å²) in [6.07, 6.45) is 5.50. The predicted octanol–water partition coefficient (Wildman–Crippen LogP) is 3.19. The van der Waals surface area contributed by atoms with Gasteiger partial charge in [0.25, 0.3) is 0 Å². The second-order valence-electron chi connectivity index (χ2n) is 6.40. The molecule has 0 radical (unpaired) electrons. The second kappa shape index (κ2) is 6.22. The van der Waals surface area contributed by atoms with Crippen LogP contribution >= 0.6 is 12.2 Å². The van der Waals surface area contributed by atoms with Crippen LogP contribution in [0.2, 0.25) is 0 Å². The second-order valence-corrected chi connectivity index (χ2v) is 6.79. The summed E-state index contributed by atoms with van der Waals surface area (Å²) in [5, 5.41) is 4.44. The molecule has 2 aliphatic carbocycles. The minimum atomic E-state index is 0.594. The normalized spacial score (nSPS) is 26.7. The number of thiocarbonyl (C=S) groups is 1. The highest BCUT2D eigenvalue weighted by atomic mass is 32.1. The molecule has 2 saturated carbocycles. The van der Waals surface area contributed by atoms with Crippen LogP contribution in [-0.2, 0) is 6.54 Å². The number of methoxy groups -OCH3 is 1. The minimum Gasteiger partial charge on any atom is -0.496 e. The van der Waals surface area contributed by atoms with Crippen molar-refractivity contribution in [2.75, 3.05) is 14.2 Å². The van der Waals surface area contributed by atoms with E-state index in [1.54, 1.807) is 7.11 Å². The van der Waals surface area contributed by atoms with Crippen molar-refractivity contribution < 1.29 is 4.74 Å². The molecule has 0 aromatic heterocycles. The number of hydrogen-bond acceptors (Lipinski definition) is 2. The Hall–Kier alpha value is -1.29. The molecule has 3 nitrogen and oxygen atoms in total. The Morgan fingerprint density at radius 2 is 2.14 bits per heavy atom. The Labute approximate surface area is 132 Å². The van der Waals surface area contributed by atoms with Gasteiger partial charge in [-0.2, -0.15) is 0 Å². The summed E-state index contributed by atoms with van der Waals surface area (Å²) in [5.41, 5.74) is 1.17. The molecule has 3 atom stereocenters. The fourth-order valence-corrected chi connectivity index (χ4v) is 4.07. The molecule has 0 heterocycles. The topological polar surface area (TPSA) is 24.5 Å². The smallest absolute Gasteiger partial charge is 0.169 e. The van der Waals surface area contributed by atoms with Gasteiger partial charge in [0.05, 0.1) is 7.11 Å². The molecule has 114 valence electrons. The molecule has 0 saturated heterocycles. The van der Waals surface area contributed by atoms with E-state index < -0.39 is 0 Å². The molecule has 1 N–H and O–H groups in total. The first-order valence-electron chi connectivity index (χ1n) is 7.81. The van der Waals surface area contributed by atoms with Crippen molar-refractivity contribution in [3.63, 3.8) is 0 Å². The van der Waals surface area contributed by atoms with Crippen molar-refractivity contribution in [1.82, 2.24) is 10.2 Å². The molecule has 2 fully saturated rings. The van der Waals surface area contributed by atoms with Crippen LogP contribution < -0.4 is 10.1 Å². The van der Waals surface area contributed by atoms with Crippen LogP contribution in [0.1, 0.15) is 31.2 Å². The molecular weight excluding hydrogens is 280 g/mol. The molecule has 4 heteroatoms. The summed E-state index contributed by atoms with van der Waals surface area (Å²) in [6, 6.07) is 8.72. The van der Waals surface area contributed by atoms with Crippen molar-refractivity contribution in [3.05, 3.63) is 29.8 Å². The number of hydrogen-bond donors (Lipinski definition) is 1. The molecule has 3 rings (SSSR count). The third-order valence-corrected chi connectivity index (χ3v) is 5.42. The van der Waals surface area contributed by atoms with Gasteiger partial charge in [-0.25, -0.2) is 0 Å². The van der Waals surface area contributed by atoms with E-state index in [0.717, 1.165) is 29.2 Å². The van der Waals surface area contributed by atoms with Crippen molar-refractivity contribution in [1.29, 1.82) is 0 Å². The fraction of sp³-hybridized carbons (Fsp3) is 0.588. The lowest BCUT2D eigenvalue weighted by molar-refractivity contribution is 0.368. The van der Waals surface area contributed by atoms with Gasteiger partial charge < -0.3 is 15.0 Å². The van der Waals surface area contributed by atoms with Crippen molar-refractivity contribution in [2.24, 2.45) is 11.8 Å². The molecule has 0 amide bonds. The standard InChI is InChI=1S/C17H24N2OS/c1-19(11-14-5-3-4-6-16(14)20-2)17(21)18-15-10-12-7-8-13(15)9-12/h3-6,12-13,15H,7-11H2,1-2H3,(H,18,21). The van der Waals surface area contributed by atoms with Gasteiger partial charge in [-0.3, -0.25) is 0 Å². The summed E-state index contributed by atoms with van der Waals surface area (Å²) in [6.45, 7) is 0.774. The molecule has 3 unspecified atom stereocenters. The average Bonchev–Trinajstić information content (AvgIpc) is 3.10. The van der Waals surface area contributed by atoms with Crippen LogP contribution in [0.4, 0.5) is 0 Å². The van der Waals surface area contributed by atoms with Crippen molar-refractivity contribution in [3.8, 4) is 5.75 Å². The first-order valence-corrected chi connectivity index (χ1v) is 8.21. The lowest BCUT2D eigenvalue weighted by atomic mass is 9.95. The molecule has 2 aliphatic rings. The largest absolute Gasteiger partial charge is 0.496 e. The lowest BCUT2D eigenvalue weighted by Crippen LogP contribution is -2.44.